The molecule has 38 heavy (non-hydrogen) atoms. The maximum absolute atomic E-state index is 13.1. The minimum absolute atomic E-state index is 0.0347. The zero-order valence-corrected chi connectivity index (χ0v) is 21.8. The second-order valence-electron chi connectivity index (χ2n) is 10.7. The van der Waals surface area contributed by atoms with Crippen LogP contribution in [0.1, 0.15) is 40.0 Å². The van der Waals surface area contributed by atoms with Crippen LogP contribution in [0.2, 0.25) is 0 Å². The van der Waals surface area contributed by atoms with Gasteiger partial charge in [0, 0.05) is 23.3 Å². The highest BCUT2D eigenvalue weighted by atomic mass is 16.8. The van der Waals surface area contributed by atoms with Crippen molar-refractivity contribution < 1.29 is 58.8 Å². The lowest BCUT2D eigenvalue weighted by Gasteiger charge is -2.42. The van der Waals surface area contributed by atoms with Crippen molar-refractivity contribution in [2.24, 2.45) is 23.7 Å². The van der Waals surface area contributed by atoms with Crippen LogP contribution in [0, 0.1) is 23.7 Å². The van der Waals surface area contributed by atoms with Crippen molar-refractivity contribution in [3.8, 4) is 0 Å². The molecule has 1 unspecified atom stereocenters. The lowest BCUT2D eigenvalue weighted by Crippen LogP contribution is -2.60. The van der Waals surface area contributed by atoms with Gasteiger partial charge in [0.2, 0.25) is 6.29 Å². The highest BCUT2D eigenvalue weighted by Crippen LogP contribution is 2.45. The molecular formula is C26H38O12. The summed E-state index contributed by atoms with van der Waals surface area (Å²) in [6.45, 7) is 4.82. The van der Waals surface area contributed by atoms with Crippen molar-refractivity contribution in [2.75, 3.05) is 19.8 Å². The topological polar surface area (TPSA) is 181 Å². The Hall–Kier alpha value is -2.06. The van der Waals surface area contributed by atoms with Crippen molar-refractivity contribution in [1.29, 1.82) is 0 Å². The summed E-state index contributed by atoms with van der Waals surface area (Å²) >= 11 is 0. The second-order valence-corrected chi connectivity index (χ2v) is 10.7. The molecule has 5 N–H and O–H groups in total. The first kappa shape index (κ1) is 28.9. The number of hydrogen-bond donors (Lipinski definition) is 5. The van der Waals surface area contributed by atoms with Crippen LogP contribution < -0.4 is 0 Å². The van der Waals surface area contributed by atoms with Crippen LogP contribution in [0.25, 0.3) is 0 Å². The molecule has 1 saturated carbocycles. The molecule has 1 aliphatic carbocycles. The Labute approximate surface area is 220 Å². The second kappa shape index (κ2) is 11.6. The maximum atomic E-state index is 13.1. The Morgan fingerprint density at radius 3 is 2.53 bits per heavy atom. The molecule has 12 heteroatoms. The highest BCUT2D eigenvalue weighted by molar-refractivity contribution is 5.91. The quantitative estimate of drug-likeness (QED) is 0.228. The number of carbonyl (C=O) groups excluding carboxylic acids is 2. The Morgan fingerprint density at radius 2 is 1.84 bits per heavy atom. The zero-order valence-electron chi connectivity index (χ0n) is 21.8. The molecule has 3 aliphatic heterocycles. The van der Waals surface area contributed by atoms with Crippen LogP contribution in [0.4, 0.5) is 0 Å². The minimum Gasteiger partial charge on any atom is -0.468 e. The Morgan fingerprint density at radius 1 is 1.11 bits per heavy atom. The van der Waals surface area contributed by atoms with E-state index in [1.54, 1.807) is 19.9 Å². The number of allylic oxidation sites excluding steroid dienone is 1. The molecule has 0 amide bonds. The lowest BCUT2D eigenvalue weighted by molar-refractivity contribution is -0.327. The van der Waals surface area contributed by atoms with E-state index in [0.29, 0.717) is 12.0 Å². The van der Waals surface area contributed by atoms with Gasteiger partial charge < -0.3 is 49.2 Å². The van der Waals surface area contributed by atoms with Gasteiger partial charge >= 0.3 is 11.9 Å². The number of rotatable bonds is 3. The number of hydrogen-bond acceptors (Lipinski definition) is 12. The van der Waals surface area contributed by atoms with Crippen LogP contribution >= 0.6 is 0 Å². The average Bonchev–Trinajstić information content (AvgIpc) is 3.19. The van der Waals surface area contributed by atoms with Gasteiger partial charge in [-0.05, 0) is 25.7 Å². The Balaban J connectivity index is 1.57. The van der Waals surface area contributed by atoms with Gasteiger partial charge in [-0.15, -0.1) is 0 Å². The summed E-state index contributed by atoms with van der Waals surface area (Å²) in [5.41, 5.74) is -0.724. The van der Waals surface area contributed by atoms with Crippen LogP contribution in [0.3, 0.4) is 0 Å². The van der Waals surface area contributed by atoms with Crippen LogP contribution in [0.5, 0.6) is 0 Å². The molecule has 3 fully saturated rings. The Bertz CT molecular complexity index is 947. The largest absolute Gasteiger partial charge is 0.468 e. The number of ether oxygens (including phenoxy) is 5. The highest BCUT2D eigenvalue weighted by Gasteiger charge is 2.51. The SMILES string of the molecule is C/C=C1/[C@H](O[C@@H]2O[C@H](CO)[C@@H](O)[C@H](O)[C@H]2O)OC=C2C(=O)OCC(C)[C@]3(O)CC[C@H](C)[C@H]3COC(=O)C[C@H]21. The van der Waals surface area contributed by atoms with E-state index in [0.717, 1.165) is 12.7 Å². The number of aliphatic hydroxyl groups is 5. The predicted octanol–water partition coefficient (Wildman–Crippen LogP) is -0.491. The third kappa shape index (κ3) is 5.35. The lowest BCUT2D eigenvalue weighted by atomic mass is 9.78. The molecule has 214 valence electrons. The monoisotopic (exact) mass is 542 g/mol. The molecular weight excluding hydrogens is 504 g/mol. The van der Waals surface area contributed by atoms with Crippen molar-refractivity contribution in [3.63, 3.8) is 0 Å². The molecule has 0 aromatic carbocycles. The third-order valence-electron chi connectivity index (χ3n) is 8.49. The van der Waals surface area contributed by atoms with E-state index >= 15 is 0 Å². The molecule has 4 aliphatic rings. The van der Waals surface area contributed by atoms with E-state index in [9.17, 15) is 35.1 Å². The summed E-state index contributed by atoms with van der Waals surface area (Å²) in [6, 6.07) is 0. The number of carbonyl (C=O) groups is 2. The molecule has 12 nitrogen and oxygen atoms in total. The van der Waals surface area contributed by atoms with E-state index < -0.39 is 73.0 Å². The Kier molecular flexibility index (Phi) is 8.82. The van der Waals surface area contributed by atoms with Crippen molar-refractivity contribution in [1.82, 2.24) is 0 Å². The third-order valence-corrected chi connectivity index (χ3v) is 8.49. The summed E-state index contributed by atoms with van der Waals surface area (Å²) in [5, 5.41) is 51.3. The van der Waals surface area contributed by atoms with Crippen LogP contribution in [0.15, 0.2) is 23.5 Å². The predicted molar refractivity (Wildman–Crippen MR) is 128 cm³/mol. The van der Waals surface area contributed by atoms with E-state index in [2.05, 4.69) is 0 Å². The minimum atomic E-state index is -1.67. The summed E-state index contributed by atoms with van der Waals surface area (Å²) in [5.74, 6) is -2.73. The van der Waals surface area contributed by atoms with Gasteiger partial charge in [0.15, 0.2) is 6.29 Å². The molecule has 2 saturated heterocycles. The van der Waals surface area contributed by atoms with Gasteiger partial charge in [-0.3, -0.25) is 4.79 Å². The zero-order chi connectivity index (χ0) is 27.8. The molecule has 0 bridgehead atoms. The summed E-state index contributed by atoms with van der Waals surface area (Å²) < 4.78 is 28.0. The molecule has 11 atom stereocenters. The molecule has 0 spiro atoms. The van der Waals surface area contributed by atoms with Crippen molar-refractivity contribution in [3.05, 3.63) is 23.5 Å². The smallest absolute Gasteiger partial charge is 0.337 e. The molecule has 0 aromatic rings. The molecule has 3 heterocycles. The van der Waals surface area contributed by atoms with E-state index in [1.807, 2.05) is 6.92 Å². The number of esters is 2. The van der Waals surface area contributed by atoms with Crippen LogP contribution in [-0.2, 0) is 33.3 Å². The standard InChI is InChI=1S/C26H38O12/c1-4-14-15-7-19(28)34-11-17-12(2)5-6-26(17,33)13(3)9-35-23(32)16(15)10-36-24(14)38-25-22(31)21(30)20(29)18(8-27)37-25/h4,10,12-13,15,17-18,20-22,24-25,27,29-31,33H,5-9,11H2,1-3H3/b14-4+/t12-,13?,15-,17+,18+,20+,21-,22+,24-,25-,26+/m0/s1. The molecule has 0 aromatic heterocycles. The normalized spacial score (nSPS) is 45.5. The van der Waals surface area contributed by atoms with Crippen molar-refractivity contribution >= 4 is 11.9 Å². The van der Waals surface area contributed by atoms with Crippen molar-refractivity contribution in [2.45, 2.75) is 82.6 Å². The van der Waals surface area contributed by atoms with E-state index in [-0.39, 0.29) is 37.0 Å². The van der Waals surface area contributed by atoms with Gasteiger partial charge in [0.25, 0.3) is 0 Å². The first-order valence-electron chi connectivity index (χ1n) is 13.0. The molecule has 4 rings (SSSR count). The summed E-state index contributed by atoms with van der Waals surface area (Å²) in [6.07, 6.45) is -5.04. The number of aliphatic hydroxyl groups excluding tert-OH is 4. The maximum Gasteiger partial charge on any atom is 0.337 e. The average molecular weight is 543 g/mol. The fourth-order valence-corrected chi connectivity index (χ4v) is 5.90. The number of cyclic esters (lactones) is 2. The first-order valence-corrected chi connectivity index (χ1v) is 13.0. The summed E-state index contributed by atoms with van der Waals surface area (Å²) in [4.78, 5) is 26.1. The van der Waals surface area contributed by atoms with E-state index in [1.165, 1.54) is 0 Å². The summed E-state index contributed by atoms with van der Waals surface area (Å²) in [7, 11) is 0. The van der Waals surface area contributed by atoms with Gasteiger partial charge in [0.05, 0.1) is 43.7 Å². The molecule has 0 radical (unpaired) electrons. The fourth-order valence-electron chi connectivity index (χ4n) is 5.90. The number of fused-ring (bicyclic) bond motifs is 2. The van der Waals surface area contributed by atoms with E-state index in [4.69, 9.17) is 23.7 Å². The fraction of sp³-hybridized carbons (Fsp3) is 0.769. The van der Waals surface area contributed by atoms with Gasteiger partial charge in [-0.2, -0.15) is 0 Å². The van der Waals surface area contributed by atoms with Gasteiger partial charge in [-0.1, -0.05) is 19.9 Å². The van der Waals surface area contributed by atoms with Crippen LogP contribution in [-0.4, -0.2) is 99.9 Å². The first-order chi connectivity index (χ1) is 18.0. The van der Waals surface area contributed by atoms with Gasteiger partial charge in [-0.25, -0.2) is 4.79 Å². The van der Waals surface area contributed by atoms with Gasteiger partial charge in [0.1, 0.15) is 24.4 Å².